The van der Waals surface area contributed by atoms with Crippen LogP contribution in [0.25, 0.3) is 6.08 Å². The van der Waals surface area contributed by atoms with Gasteiger partial charge in [-0.15, -0.1) is 0 Å². The molecule has 0 radical (unpaired) electrons. The van der Waals surface area contributed by atoms with Crippen LogP contribution in [0.15, 0.2) is 40.0 Å². The minimum Gasteiger partial charge on any atom is -0.478 e. The van der Waals surface area contributed by atoms with Crippen molar-refractivity contribution in [2.45, 2.75) is 6.92 Å². The average molecular weight is 222 g/mol. The number of carboxylic acid groups (broad SMARTS) is 2. The molecule has 0 saturated carbocycles. The highest BCUT2D eigenvalue weighted by Gasteiger charge is 2.08. The van der Waals surface area contributed by atoms with Crippen LogP contribution in [0.1, 0.15) is 12.7 Å². The van der Waals surface area contributed by atoms with Gasteiger partial charge >= 0.3 is 11.9 Å². The van der Waals surface area contributed by atoms with Gasteiger partial charge in [0, 0.05) is 5.57 Å². The molecule has 1 aromatic heterocycles. The quantitative estimate of drug-likeness (QED) is 0.598. The molecule has 5 nitrogen and oxygen atoms in total. The van der Waals surface area contributed by atoms with Crippen LogP contribution in [0.2, 0.25) is 0 Å². The predicted molar refractivity (Wildman–Crippen MR) is 55.7 cm³/mol. The molecule has 0 unspecified atom stereocenters. The molecule has 0 aromatic carbocycles. The Kier molecular flexibility index (Phi) is 3.66. The lowest BCUT2D eigenvalue weighted by atomic mass is 10.1. The van der Waals surface area contributed by atoms with E-state index in [-0.39, 0.29) is 11.1 Å². The zero-order valence-electron chi connectivity index (χ0n) is 8.51. The second-order valence-corrected chi connectivity index (χ2v) is 3.05. The lowest BCUT2D eigenvalue weighted by Gasteiger charge is -1.96. The molecule has 5 heteroatoms. The molecule has 1 aromatic rings. The van der Waals surface area contributed by atoms with Gasteiger partial charge in [-0.2, -0.15) is 0 Å². The van der Waals surface area contributed by atoms with E-state index in [9.17, 15) is 9.59 Å². The van der Waals surface area contributed by atoms with Crippen LogP contribution >= 0.6 is 0 Å². The number of hydrogen-bond donors (Lipinski definition) is 2. The maximum Gasteiger partial charge on any atom is 0.335 e. The van der Waals surface area contributed by atoms with Gasteiger partial charge in [0.25, 0.3) is 0 Å². The topological polar surface area (TPSA) is 87.7 Å². The molecule has 84 valence electrons. The number of carbonyl (C=O) groups is 2. The van der Waals surface area contributed by atoms with Crippen molar-refractivity contribution < 1.29 is 24.2 Å². The third-order valence-corrected chi connectivity index (χ3v) is 1.80. The minimum atomic E-state index is -1.21. The van der Waals surface area contributed by atoms with Crippen LogP contribution in [0.5, 0.6) is 0 Å². The van der Waals surface area contributed by atoms with Gasteiger partial charge in [-0.05, 0) is 31.2 Å². The van der Waals surface area contributed by atoms with E-state index in [4.69, 9.17) is 14.6 Å². The van der Waals surface area contributed by atoms with Crippen LogP contribution in [0, 0.1) is 0 Å². The second-order valence-electron chi connectivity index (χ2n) is 3.05. The summed E-state index contributed by atoms with van der Waals surface area (Å²) in [4.78, 5) is 21.4. The Morgan fingerprint density at radius 3 is 2.44 bits per heavy atom. The third kappa shape index (κ3) is 3.13. The summed E-state index contributed by atoms with van der Waals surface area (Å²) >= 11 is 0. The standard InChI is InChI=1S/C11H10O5/c1-7(10(12)13)5-8(11(14)15)6-9-3-2-4-16-9/h2-6H,1H3,(H,12,13)(H,14,15)/b7-5-,8-6?. The lowest BCUT2D eigenvalue weighted by molar-refractivity contribution is -0.132. The number of carboxylic acids is 2. The third-order valence-electron chi connectivity index (χ3n) is 1.80. The SMILES string of the molecule is C/C(=C/C(=Cc1ccco1)C(=O)O)C(=O)O. The Balaban J connectivity index is 3.06. The molecule has 0 fully saturated rings. The highest BCUT2D eigenvalue weighted by Crippen LogP contribution is 2.11. The summed E-state index contributed by atoms with van der Waals surface area (Å²) in [6.07, 6.45) is 3.74. The molecule has 0 spiro atoms. The summed E-state index contributed by atoms with van der Waals surface area (Å²) in [6.45, 7) is 1.32. The Labute approximate surface area is 91.3 Å². The van der Waals surface area contributed by atoms with Gasteiger partial charge in [-0.25, -0.2) is 9.59 Å². The highest BCUT2D eigenvalue weighted by molar-refractivity contribution is 5.98. The van der Waals surface area contributed by atoms with Gasteiger partial charge in [0.05, 0.1) is 11.8 Å². The van der Waals surface area contributed by atoms with Gasteiger partial charge in [-0.3, -0.25) is 0 Å². The van der Waals surface area contributed by atoms with Crippen LogP contribution in [0.3, 0.4) is 0 Å². The number of hydrogen-bond acceptors (Lipinski definition) is 3. The van der Waals surface area contributed by atoms with Gasteiger partial charge in [0.1, 0.15) is 5.76 Å². The molecular formula is C11H10O5. The van der Waals surface area contributed by atoms with Crippen LogP contribution in [0.4, 0.5) is 0 Å². The first-order valence-corrected chi connectivity index (χ1v) is 4.41. The monoisotopic (exact) mass is 222 g/mol. The smallest absolute Gasteiger partial charge is 0.335 e. The molecule has 1 heterocycles. The highest BCUT2D eigenvalue weighted by atomic mass is 16.4. The van der Waals surface area contributed by atoms with E-state index >= 15 is 0 Å². The Morgan fingerprint density at radius 2 is 2.00 bits per heavy atom. The number of aliphatic carboxylic acids is 2. The second kappa shape index (κ2) is 4.97. The van der Waals surface area contributed by atoms with E-state index in [2.05, 4.69) is 0 Å². The molecule has 0 saturated heterocycles. The van der Waals surface area contributed by atoms with Crippen molar-refractivity contribution in [1.29, 1.82) is 0 Å². The summed E-state index contributed by atoms with van der Waals surface area (Å²) in [5, 5.41) is 17.5. The molecule has 0 aliphatic carbocycles. The normalized spacial score (nSPS) is 12.6. The maximum atomic E-state index is 10.8. The zero-order chi connectivity index (χ0) is 12.1. The summed E-state index contributed by atoms with van der Waals surface area (Å²) in [6, 6.07) is 3.19. The molecule has 0 aliphatic rings. The first kappa shape index (κ1) is 11.8. The van der Waals surface area contributed by atoms with E-state index in [1.54, 1.807) is 12.1 Å². The maximum absolute atomic E-state index is 10.8. The van der Waals surface area contributed by atoms with Gasteiger partial charge < -0.3 is 14.6 Å². The van der Waals surface area contributed by atoms with E-state index in [1.165, 1.54) is 19.3 Å². The van der Waals surface area contributed by atoms with E-state index in [0.717, 1.165) is 6.08 Å². The summed E-state index contributed by atoms with van der Waals surface area (Å²) < 4.78 is 4.94. The summed E-state index contributed by atoms with van der Waals surface area (Å²) in [5.41, 5.74) is -0.199. The van der Waals surface area contributed by atoms with Crippen LogP contribution < -0.4 is 0 Å². The summed E-state index contributed by atoms with van der Waals surface area (Å²) in [5.74, 6) is -2.02. The van der Waals surface area contributed by atoms with Gasteiger partial charge in [0.15, 0.2) is 0 Å². The van der Waals surface area contributed by atoms with Crippen molar-refractivity contribution in [3.05, 3.63) is 41.4 Å². The summed E-state index contributed by atoms with van der Waals surface area (Å²) in [7, 11) is 0. The predicted octanol–water partition coefficient (Wildman–Crippen LogP) is 1.78. The van der Waals surface area contributed by atoms with Crippen molar-refractivity contribution in [2.75, 3.05) is 0 Å². The molecule has 2 N–H and O–H groups in total. The fourth-order valence-electron chi connectivity index (χ4n) is 0.987. The van der Waals surface area contributed by atoms with Gasteiger partial charge in [-0.1, -0.05) is 0 Å². The van der Waals surface area contributed by atoms with E-state index < -0.39 is 11.9 Å². The largest absolute Gasteiger partial charge is 0.478 e. The minimum absolute atomic E-state index is 0.0554. The van der Waals surface area contributed by atoms with Gasteiger partial charge in [0.2, 0.25) is 0 Å². The van der Waals surface area contributed by atoms with E-state index in [1.807, 2.05) is 0 Å². The van der Waals surface area contributed by atoms with Crippen molar-refractivity contribution in [3.63, 3.8) is 0 Å². The average Bonchev–Trinajstić information content (AvgIpc) is 2.68. The fraction of sp³-hybridized carbons (Fsp3) is 0.0909. The van der Waals surface area contributed by atoms with Crippen LogP contribution in [-0.2, 0) is 9.59 Å². The fourth-order valence-corrected chi connectivity index (χ4v) is 0.987. The Bertz CT molecular complexity index is 451. The van der Waals surface area contributed by atoms with Crippen molar-refractivity contribution in [3.8, 4) is 0 Å². The van der Waals surface area contributed by atoms with Crippen LogP contribution in [-0.4, -0.2) is 22.2 Å². The van der Waals surface area contributed by atoms with Crippen molar-refractivity contribution >= 4 is 18.0 Å². The van der Waals surface area contributed by atoms with Crippen molar-refractivity contribution in [1.82, 2.24) is 0 Å². The molecule has 0 bridgehead atoms. The molecule has 16 heavy (non-hydrogen) atoms. The lowest BCUT2D eigenvalue weighted by Crippen LogP contribution is -2.02. The molecule has 0 aliphatic heterocycles. The Morgan fingerprint density at radius 1 is 1.31 bits per heavy atom. The zero-order valence-corrected chi connectivity index (χ0v) is 8.51. The van der Waals surface area contributed by atoms with E-state index in [0.29, 0.717) is 5.76 Å². The first-order chi connectivity index (χ1) is 7.50. The molecule has 1 rings (SSSR count). The number of furan rings is 1. The molecule has 0 atom stereocenters. The Hall–Kier alpha value is -2.30. The molecule has 0 amide bonds. The first-order valence-electron chi connectivity index (χ1n) is 4.41. The van der Waals surface area contributed by atoms with Crippen molar-refractivity contribution in [2.24, 2.45) is 0 Å². The number of rotatable bonds is 4. The molecular weight excluding hydrogens is 212 g/mol.